The summed E-state index contributed by atoms with van der Waals surface area (Å²) >= 11 is 0. The zero-order chi connectivity index (χ0) is 14.3. The van der Waals surface area contributed by atoms with Crippen LogP contribution in [0.1, 0.15) is 5.56 Å². The van der Waals surface area contributed by atoms with Crippen molar-refractivity contribution in [2.75, 3.05) is 33.7 Å². The molecule has 20 heavy (non-hydrogen) atoms. The van der Waals surface area contributed by atoms with Crippen LogP contribution < -0.4 is 0 Å². The molecule has 0 aliphatic rings. The van der Waals surface area contributed by atoms with Gasteiger partial charge in [0.2, 0.25) is 0 Å². The van der Waals surface area contributed by atoms with Crippen LogP contribution in [0.3, 0.4) is 0 Å². The molecule has 2 rings (SSSR count). The van der Waals surface area contributed by atoms with Crippen molar-refractivity contribution in [1.29, 1.82) is 0 Å². The fourth-order valence-corrected chi connectivity index (χ4v) is 1.37. The summed E-state index contributed by atoms with van der Waals surface area (Å²) in [4.78, 5) is 6.42. The topological polar surface area (TPSA) is 56.4 Å². The van der Waals surface area contributed by atoms with Crippen molar-refractivity contribution >= 4 is 0 Å². The number of methoxy groups -OCH3 is 1. The van der Waals surface area contributed by atoms with E-state index in [0.717, 1.165) is 6.42 Å². The average molecular weight is 278 g/mol. The van der Waals surface area contributed by atoms with E-state index in [9.17, 15) is 0 Å². The molecule has 5 heteroatoms. The smallest absolute Gasteiger partial charge is 0.146 e. The number of imidazole rings is 1. The molecule has 0 radical (unpaired) electrons. The minimum Gasteiger partial charge on any atom is -0.382 e. The quantitative estimate of drug-likeness (QED) is 0.594. The minimum atomic E-state index is 0.343. The number of ether oxygens (including phenoxy) is 3. The van der Waals surface area contributed by atoms with Crippen molar-refractivity contribution in [3.05, 3.63) is 54.6 Å². The molecule has 0 unspecified atom stereocenters. The van der Waals surface area contributed by atoms with Crippen molar-refractivity contribution in [3.63, 3.8) is 0 Å². The van der Waals surface area contributed by atoms with E-state index in [4.69, 9.17) is 14.2 Å². The first-order chi connectivity index (χ1) is 9.93. The van der Waals surface area contributed by atoms with Gasteiger partial charge in [0.25, 0.3) is 0 Å². The summed E-state index contributed by atoms with van der Waals surface area (Å²) in [5.41, 5.74) is 1.29. The first-order valence-electron chi connectivity index (χ1n) is 6.54. The van der Waals surface area contributed by atoms with Crippen molar-refractivity contribution < 1.29 is 14.2 Å². The van der Waals surface area contributed by atoms with Crippen LogP contribution in [-0.2, 0) is 20.6 Å². The van der Waals surface area contributed by atoms with Gasteiger partial charge in [-0.05, 0) is 12.0 Å². The number of nitrogens with one attached hydrogen (secondary N) is 1. The molecule has 0 amide bonds. The first kappa shape index (κ1) is 16.4. The van der Waals surface area contributed by atoms with Crippen molar-refractivity contribution in [2.45, 2.75) is 6.42 Å². The molecule has 1 heterocycles. The minimum absolute atomic E-state index is 0.343. The largest absolute Gasteiger partial charge is 0.382 e. The summed E-state index contributed by atoms with van der Waals surface area (Å²) in [7, 11) is 1.65. The van der Waals surface area contributed by atoms with E-state index >= 15 is 0 Å². The Balaban J connectivity index is 0.000000333. The Morgan fingerprint density at radius 1 is 1.05 bits per heavy atom. The van der Waals surface area contributed by atoms with Gasteiger partial charge < -0.3 is 19.2 Å². The maximum absolute atomic E-state index is 5.31. The summed E-state index contributed by atoms with van der Waals surface area (Å²) in [6.45, 7) is 2.23. The summed E-state index contributed by atoms with van der Waals surface area (Å²) in [6, 6.07) is 10.3. The molecular formula is C15H22N2O3. The van der Waals surface area contributed by atoms with E-state index < -0.39 is 0 Å². The van der Waals surface area contributed by atoms with Crippen LogP contribution in [-0.4, -0.2) is 43.7 Å². The number of nitrogens with zero attached hydrogens (tertiary/aromatic N) is 1. The third-order valence-electron chi connectivity index (χ3n) is 2.38. The molecule has 1 aromatic carbocycles. The monoisotopic (exact) mass is 278 g/mol. The first-order valence-corrected chi connectivity index (χ1v) is 6.54. The van der Waals surface area contributed by atoms with Crippen LogP contribution in [0.4, 0.5) is 0 Å². The lowest BCUT2D eigenvalue weighted by Crippen LogP contribution is -2.07. The van der Waals surface area contributed by atoms with Crippen LogP contribution >= 0.6 is 0 Å². The zero-order valence-corrected chi connectivity index (χ0v) is 11.8. The highest BCUT2D eigenvalue weighted by molar-refractivity contribution is 5.14. The molecule has 1 aromatic heterocycles. The highest BCUT2D eigenvalue weighted by Gasteiger charge is 1.92. The Morgan fingerprint density at radius 2 is 1.85 bits per heavy atom. The fraction of sp³-hybridized carbons (Fsp3) is 0.400. The lowest BCUT2D eigenvalue weighted by molar-refractivity contribution is -0.0647. The predicted molar refractivity (Wildman–Crippen MR) is 77.4 cm³/mol. The molecule has 0 saturated carbocycles. The van der Waals surface area contributed by atoms with Crippen molar-refractivity contribution in [1.82, 2.24) is 9.97 Å². The van der Waals surface area contributed by atoms with Gasteiger partial charge in [0.15, 0.2) is 0 Å². The molecule has 0 aliphatic heterocycles. The number of H-pyrrole nitrogens is 1. The standard InChI is InChI=1S/C12H18O3.C3H4N2/c1-13-9-10-15-11-14-8-7-12-5-3-2-4-6-12;1-2-5-3-4-1/h2-6H,7-11H2,1H3;1-3H,(H,4,5). The Kier molecular flexibility index (Phi) is 10.1. The van der Waals surface area contributed by atoms with Gasteiger partial charge in [-0.25, -0.2) is 4.98 Å². The van der Waals surface area contributed by atoms with Gasteiger partial charge in [0.05, 0.1) is 26.1 Å². The Bertz CT molecular complexity index is 376. The van der Waals surface area contributed by atoms with Crippen molar-refractivity contribution in [3.8, 4) is 0 Å². The number of hydrogen-bond acceptors (Lipinski definition) is 4. The molecule has 0 atom stereocenters. The maximum atomic E-state index is 5.31. The zero-order valence-electron chi connectivity index (χ0n) is 11.8. The van der Waals surface area contributed by atoms with Crippen LogP contribution in [0, 0.1) is 0 Å². The van der Waals surface area contributed by atoms with Gasteiger partial charge in [0, 0.05) is 19.5 Å². The molecule has 0 spiro atoms. The SMILES string of the molecule is COCCOCOCCc1ccccc1.c1c[nH]cn1. The second kappa shape index (κ2) is 12.3. The van der Waals surface area contributed by atoms with E-state index in [2.05, 4.69) is 22.1 Å². The normalized spacial score (nSPS) is 9.85. The maximum Gasteiger partial charge on any atom is 0.146 e. The molecular weight excluding hydrogens is 256 g/mol. The Hall–Kier alpha value is -1.69. The van der Waals surface area contributed by atoms with Gasteiger partial charge in [-0.2, -0.15) is 0 Å². The fourth-order valence-electron chi connectivity index (χ4n) is 1.37. The van der Waals surface area contributed by atoms with Gasteiger partial charge in [0.1, 0.15) is 6.79 Å². The molecule has 0 aliphatic carbocycles. The molecule has 5 nitrogen and oxygen atoms in total. The van der Waals surface area contributed by atoms with E-state index in [0.29, 0.717) is 26.6 Å². The molecule has 110 valence electrons. The summed E-state index contributed by atoms with van der Waals surface area (Å²) in [6.07, 6.45) is 6.01. The van der Waals surface area contributed by atoms with E-state index in [1.54, 1.807) is 25.8 Å². The molecule has 0 fully saturated rings. The number of rotatable bonds is 8. The number of aromatic amines is 1. The van der Waals surface area contributed by atoms with Crippen LogP contribution in [0.25, 0.3) is 0 Å². The predicted octanol–water partition coefficient (Wildman–Crippen LogP) is 2.28. The van der Waals surface area contributed by atoms with Gasteiger partial charge in [-0.1, -0.05) is 30.3 Å². The van der Waals surface area contributed by atoms with E-state index in [1.807, 2.05) is 18.2 Å². The molecule has 0 saturated heterocycles. The van der Waals surface area contributed by atoms with Crippen LogP contribution in [0.5, 0.6) is 0 Å². The number of aromatic nitrogens is 2. The number of benzene rings is 1. The lowest BCUT2D eigenvalue weighted by Gasteiger charge is -2.05. The summed E-state index contributed by atoms with van der Waals surface area (Å²) in [5, 5.41) is 0. The highest BCUT2D eigenvalue weighted by Crippen LogP contribution is 1.99. The third-order valence-corrected chi connectivity index (χ3v) is 2.38. The summed E-state index contributed by atoms with van der Waals surface area (Å²) < 4.78 is 15.3. The molecule has 1 N–H and O–H groups in total. The van der Waals surface area contributed by atoms with E-state index in [1.165, 1.54) is 5.56 Å². The third kappa shape index (κ3) is 9.27. The lowest BCUT2D eigenvalue weighted by atomic mass is 10.2. The average Bonchev–Trinajstić information content (AvgIpc) is 3.07. The van der Waals surface area contributed by atoms with E-state index in [-0.39, 0.29) is 0 Å². The van der Waals surface area contributed by atoms with Gasteiger partial charge in [-0.15, -0.1) is 0 Å². The highest BCUT2D eigenvalue weighted by atomic mass is 16.7. The Labute approximate surface area is 119 Å². The van der Waals surface area contributed by atoms with Gasteiger partial charge in [-0.3, -0.25) is 0 Å². The molecule has 2 aromatic rings. The number of hydrogen-bond donors (Lipinski definition) is 1. The van der Waals surface area contributed by atoms with Crippen LogP contribution in [0.15, 0.2) is 49.1 Å². The second-order valence-corrected chi connectivity index (χ2v) is 3.92. The van der Waals surface area contributed by atoms with Crippen LogP contribution in [0.2, 0.25) is 0 Å². The molecule has 0 bridgehead atoms. The summed E-state index contributed by atoms with van der Waals surface area (Å²) in [5.74, 6) is 0. The Morgan fingerprint density at radius 3 is 2.45 bits per heavy atom. The van der Waals surface area contributed by atoms with Crippen molar-refractivity contribution in [2.24, 2.45) is 0 Å². The second-order valence-electron chi connectivity index (χ2n) is 3.92. The van der Waals surface area contributed by atoms with Gasteiger partial charge >= 0.3 is 0 Å².